The van der Waals surface area contributed by atoms with Crippen LogP contribution in [-0.2, 0) is 4.79 Å². The van der Waals surface area contributed by atoms with Crippen LogP contribution in [0.1, 0.15) is 42.1 Å². The number of methoxy groups -OCH3 is 1. The number of halogens is 3. The third-order valence-corrected chi connectivity index (χ3v) is 6.59. The van der Waals surface area contributed by atoms with E-state index in [1.807, 2.05) is 42.0 Å². The highest BCUT2D eigenvalue weighted by atomic mass is 19.2. The maximum atomic E-state index is 13.9. The first-order chi connectivity index (χ1) is 16.9. The Bertz CT molecular complexity index is 1300. The molecule has 0 aliphatic carbocycles. The zero-order valence-corrected chi connectivity index (χ0v) is 19.4. The number of rotatable bonds is 4. The summed E-state index contributed by atoms with van der Waals surface area (Å²) in [5, 5.41) is 3.35. The number of nitrogens with zero attached hydrogens (tertiary/aromatic N) is 3. The predicted octanol–water partition coefficient (Wildman–Crippen LogP) is 4.67. The molecule has 182 valence electrons. The average molecular weight is 483 g/mol. The number of fused-ring (bicyclic) bond motifs is 1. The van der Waals surface area contributed by atoms with Crippen LogP contribution in [0.25, 0.3) is 11.8 Å². The monoisotopic (exact) mass is 482 g/mol. The van der Waals surface area contributed by atoms with Gasteiger partial charge in [-0.2, -0.15) is 0 Å². The summed E-state index contributed by atoms with van der Waals surface area (Å²) in [6, 6.07) is 6.86. The highest BCUT2D eigenvalue weighted by Crippen LogP contribution is 2.37. The van der Waals surface area contributed by atoms with E-state index in [2.05, 4.69) is 10.3 Å². The van der Waals surface area contributed by atoms with Crippen LogP contribution in [-0.4, -0.2) is 40.1 Å². The van der Waals surface area contributed by atoms with Crippen molar-refractivity contribution < 1.29 is 22.7 Å². The SMILES string of the molecule is COc1cc(/C=C2/NCC(c3cc(F)c(F)c(F)c3)N3C(=O)CCCC23)ccc1-n1cnc(C)c1. The smallest absolute Gasteiger partial charge is 0.223 e. The summed E-state index contributed by atoms with van der Waals surface area (Å²) in [7, 11) is 1.60. The van der Waals surface area contributed by atoms with Crippen molar-refractivity contribution in [1.29, 1.82) is 0 Å². The fraction of sp³-hybridized carbons (Fsp3) is 0.308. The molecule has 5 rings (SSSR count). The number of aryl methyl sites for hydroxylation is 1. The molecular weight excluding hydrogens is 457 g/mol. The topological polar surface area (TPSA) is 59.4 Å². The molecule has 0 spiro atoms. The third kappa shape index (κ3) is 4.26. The molecule has 0 saturated carbocycles. The van der Waals surface area contributed by atoms with Crippen LogP contribution < -0.4 is 10.1 Å². The summed E-state index contributed by atoms with van der Waals surface area (Å²) in [5.74, 6) is -3.46. The maximum Gasteiger partial charge on any atom is 0.223 e. The van der Waals surface area contributed by atoms with Gasteiger partial charge in [-0.3, -0.25) is 4.79 Å². The molecule has 1 N–H and O–H groups in total. The number of piperidine rings is 1. The number of imidazole rings is 1. The number of hydrogen-bond donors (Lipinski definition) is 1. The van der Waals surface area contributed by atoms with E-state index in [4.69, 9.17) is 4.74 Å². The number of nitrogens with one attached hydrogen (secondary N) is 1. The molecule has 9 heteroatoms. The van der Waals surface area contributed by atoms with Crippen LogP contribution in [0, 0.1) is 24.4 Å². The molecule has 1 amide bonds. The second-order valence-corrected chi connectivity index (χ2v) is 8.86. The van der Waals surface area contributed by atoms with Gasteiger partial charge < -0.3 is 19.5 Å². The molecule has 6 nitrogen and oxygen atoms in total. The summed E-state index contributed by atoms with van der Waals surface area (Å²) >= 11 is 0. The van der Waals surface area contributed by atoms with Crippen molar-refractivity contribution in [3.8, 4) is 11.4 Å². The number of carbonyl (C=O) groups excluding carboxylic acids is 1. The van der Waals surface area contributed by atoms with Crippen LogP contribution in [0.3, 0.4) is 0 Å². The van der Waals surface area contributed by atoms with Gasteiger partial charge in [-0.05, 0) is 61.2 Å². The molecule has 2 fully saturated rings. The summed E-state index contributed by atoms with van der Waals surface area (Å²) in [4.78, 5) is 18.9. The number of piperazine rings is 1. The van der Waals surface area contributed by atoms with Crippen LogP contribution >= 0.6 is 0 Å². The van der Waals surface area contributed by atoms with Gasteiger partial charge in [-0.25, -0.2) is 18.2 Å². The van der Waals surface area contributed by atoms with Crippen LogP contribution in [0.2, 0.25) is 0 Å². The fourth-order valence-electron chi connectivity index (χ4n) is 4.94. The first-order valence-corrected chi connectivity index (χ1v) is 11.5. The van der Waals surface area contributed by atoms with E-state index < -0.39 is 23.5 Å². The standard InChI is InChI=1S/C26H25F3N4O2/c1-15-13-32(14-31-15)22-7-6-16(9-24(22)35-2)8-20-21-4-3-5-25(34)33(21)23(12-30-20)17-10-18(27)26(29)19(28)11-17/h6-11,13-14,21,23,30H,3-5,12H2,1-2H3/b20-8+. The molecule has 2 atom stereocenters. The lowest BCUT2D eigenvalue weighted by molar-refractivity contribution is -0.139. The molecule has 3 aromatic rings. The van der Waals surface area contributed by atoms with Gasteiger partial charge in [0.1, 0.15) is 5.75 Å². The molecular formula is C26H25F3N4O2. The Morgan fingerprint density at radius 1 is 1.14 bits per heavy atom. The fourth-order valence-corrected chi connectivity index (χ4v) is 4.94. The quantitative estimate of drug-likeness (QED) is 0.549. The second kappa shape index (κ2) is 9.13. The summed E-state index contributed by atoms with van der Waals surface area (Å²) < 4.78 is 48.9. The van der Waals surface area contributed by atoms with Crippen LogP contribution in [0.4, 0.5) is 13.2 Å². The third-order valence-electron chi connectivity index (χ3n) is 6.59. The van der Waals surface area contributed by atoms with E-state index in [0.717, 1.165) is 34.8 Å². The molecule has 35 heavy (non-hydrogen) atoms. The lowest BCUT2D eigenvalue weighted by atomic mass is 9.90. The number of aromatic nitrogens is 2. The van der Waals surface area contributed by atoms with Crippen molar-refractivity contribution in [3.05, 3.63) is 82.8 Å². The number of carbonyl (C=O) groups is 1. The molecule has 0 radical (unpaired) electrons. The number of benzene rings is 2. The van der Waals surface area contributed by atoms with Gasteiger partial charge in [0.25, 0.3) is 0 Å². The largest absolute Gasteiger partial charge is 0.495 e. The lowest BCUT2D eigenvalue weighted by Crippen LogP contribution is -2.55. The Labute approximate surface area is 201 Å². The Morgan fingerprint density at radius 2 is 1.91 bits per heavy atom. The molecule has 2 saturated heterocycles. The van der Waals surface area contributed by atoms with Gasteiger partial charge in [-0.15, -0.1) is 0 Å². The Hall–Kier alpha value is -3.75. The first kappa shape index (κ1) is 23.0. The van der Waals surface area contributed by atoms with Gasteiger partial charge in [0.2, 0.25) is 5.91 Å². The van der Waals surface area contributed by atoms with Gasteiger partial charge in [0.05, 0.1) is 36.9 Å². The Balaban J connectivity index is 1.48. The van der Waals surface area contributed by atoms with Crippen LogP contribution in [0.15, 0.2) is 48.6 Å². The molecule has 2 aromatic carbocycles. The summed E-state index contributed by atoms with van der Waals surface area (Å²) in [6.07, 6.45) is 7.37. The number of amides is 1. The van der Waals surface area contributed by atoms with Gasteiger partial charge in [-0.1, -0.05) is 6.07 Å². The van der Waals surface area contributed by atoms with Crippen molar-refractivity contribution in [2.24, 2.45) is 0 Å². The molecule has 2 aliphatic rings. The van der Waals surface area contributed by atoms with E-state index in [9.17, 15) is 18.0 Å². The predicted molar refractivity (Wildman–Crippen MR) is 124 cm³/mol. The highest BCUT2D eigenvalue weighted by molar-refractivity contribution is 5.79. The van der Waals surface area contributed by atoms with Gasteiger partial charge >= 0.3 is 0 Å². The molecule has 1 aromatic heterocycles. The van der Waals surface area contributed by atoms with E-state index in [0.29, 0.717) is 25.0 Å². The second-order valence-electron chi connectivity index (χ2n) is 8.86. The maximum absolute atomic E-state index is 13.9. The van der Waals surface area contributed by atoms with Crippen molar-refractivity contribution >= 4 is 12.0 Å². The van der Waals surface area contributed by atoms with Gasteiger partial charge in [0.15, 0.2) is 17.5 Å². The average Bonchev–Trinajstić information content (AvgIpc) is 3.28. The summed E-state index contributed by atoms with van der Waals surface area (Å²) in [5.41, 5.74) is 3.68. The highest BCUT2D eigenvalue weighted by Gasteiger charge is 2.40. The zero-order chi connectivity index (χ0) is 24.7. The Morgan fingerprint density at radius 3 is 2.60 bits per heavy atom. The first-order valence-electron chi connectivity index (χ1n) is 11.5. The van der Waals surface area contributed by atoms with Crippen LogP contribution in [0.5, 0.6) is 5.75 Å². The van der Waals surface area contributed by atoms with Crippen molar-refractivity contribution in [1.82, 2.24) is 19.8 Å². The molecule has 2 aliphatic heterocycles. The Kier molecular flexibility index (Phi) is 6.00. The summed E-state index contributed by atoms with van der Waals surface area (Å²) in [6.45, 7) is 2.16. The molecule has 2 unspecified atom stereocenters. The zero-order valence-electron chi connectivity index (χ0n) is 19.4. The normalized spacial score (nSPS) is 21.1. The lowest BCUT2D eigenvalue weighted by Gasteiger charge is -2.47. The van der Waals surface area contributed by atoms with Crippen molar-refractivity contribution in [2.75, 3.05) is 13.7 Å². The van der Waals surface area contributed by atoms with Crippen molar-refractivity contribution in [3.63, 3.8) is 0 Å². The number of hydrogen-bond acceptors (Lipinski definition) is 4. The minimum absolute atomic E-state index is 0.0906. The number of ether oxygens (including phenoxy) is 1. The minimum Gasteiger partial charge on any atom is -0.495 e. The van der Waals surface area contributed by atoms with E-state index >= 15 is 0 Å². The van der Waals surface area contributed by atoms with Gasteiger partial charge in [0, 0.05) is 24.9 Å². The molecule has 0 bridgehead atoms. The minimum atomic E-state index is -1.51. The molecule has 3 heterocycles. The van der Waals surface area contributed by atoms with E-state index in [-0.39, 0.29) is 24.1 Å². The van der Waals surface area contributed by atoms with E-state index in [1.165, 1.54) is 0 Å². The van der Waals surface area contributed by atoms with Crippen molar-refractivity contribution in [2.45, 2.75) is 38.3 Å². The van der Waals surface area contributed by atoms with E-state index in [1.54, 1.807) is 18.3 Å².